The number of morpholine rings is 1. The molecule has 2 aliphatic rings. The highest BCUT2D eigenvalue weighted by atomic mass is 35.5. The highest BCUT2D eigenvalue weighted by Crippen LogP contribution is 2.44. The average molecular weight is 256 g/mol. The molecule has 1 fully saturated rings. The molecule has 0 aromatic heterocycles. The van der Waals surface area contributed by atoms with Crippen LogP contribution in [-0.4, -0.2) is 26.5 Å². The van der Waals surface area contributed by atoms with Gasteiger partial charge < -0.3 is 19.5 Å². The zero-order chi connectivity index (χ0) is 11.8. The fraction of sp³-hybridized carbons (Fsp3) is 0.500. The van der Waals surface area contributed by atoms with Crippen molar-refractivity contribution in [3.8, 4) is 11.5 Å². The topological polar surface area (TPSA) is 39.7 Å². The summed E-state index contributed by atoms with van der Waals surface area (Å²) >= 11 is 6.19. The van der Waals surface area contributed by atoms with Gasteiger partial charge in [-0.25, -0.2) is 0 Å². The minimum Gasteiger partial charge on any atom is -0.453 e. The number of rotatable bonds is 1. The summed E-state index contributed by atoms with van der Waals surface area (Å²) in [6, 6.07) is 1.92. The van der Waals surface area contributed by atoms with Crippen LogP contribution >= 0.6 is 11.6 Å². The molecule has 92 valence electrons. The monoisotopic (exact) mass is 255 g/mol. The van der Waals surface area contributed by atoms with E-state index in [0.717, 1.165) is 36.6 Å². The van der Waals surface area contributed by atoms with Gasteiger partial charge in [-0.15, -0.1) is 0 Å². The van der Waals surface area contributed by atoms with E-state index in [1.165, 1.54) is 0 Å². The lowest BCUT2D eigenvalue weighted by Crippen LogP contribution is -2.33. The van der Waals surface area contributed by atoms with E-state index in [1.54, 1.807) is 0 Å². The molecule has 1 unspecified atom stereocenters. The second-order valence-electron chi connectivity index (χ2n) is 4.20. The molecular weight excluding hydrogens is 242 g/mol. The van der Waals surface area contributed by atoms with Crippen LogP contribution in [0.1, 0.15) is 17.2 Å². The molecule has 1 atom stereocenters. The summed E-state index contributed by atoms with van der Waals surface area (Å²) in [5.74, 6) is 1.40. The first-order valence-electron chi connectivity index (χ1n) is 5.68. The van der Waals surface area contributed by atoms with E-state index in [-0.39, 0.29) is 12.9 Å². The van der Waals surface area contributed by atoms with Crippen LogP contribution in [0.25, 0.3) is 0 Å². The number of hydrogen-bond donors (Lipinski definition) is 1. The summed E-state index contributed by atoms with van der Waals surface area (Å²) in [6.45, 7) is 4.67. The Bertz CT molecular complexity index is 444. The van der Waals surface area contributed by atoms with Crippen LogP contribution in [0.3, 0.4) is 0 Å². The lowest BCUT2D eigenvalue weighted by Gasteiger charge is -2.25. The van der Waals surface area contributed by atoms with Crippen molar-refractivity contribution in [3.05, 3.63) is 22.2 Å². The van der Waals surface area contributed by atoms with Crippen LogP contribution in [0.4, 0.5) is 0 Å². The molecule has 1 aromatic carbocycles. The van der Waals surface area contributed by atoms with Gasteiger partial charge in [0.25, 0.3) is 0 Å². The molecule has 3 rings (SSSR count). The van der Waals surface area contributed by atoms with E-state index in [1.807, 2.05) is 13.0 Å². The Morgan fingerprint density at radius 1 is 1.35 bits per heavy atom. The number of fused-ring (bicyclic) bond motifs is 1. The fourth-order valence-electron chi connectivity index (χ4n) is 2.28. The highest BCUT2D eigenvalue weighted by molar-refractivity contribution is 6.32. The van der Waals surface area contributed by atoms with E-state index in [2.05, 4.69) is 5.32 Å². The average Bonchev–Trinajstić information content (AvgIpc) is 2.85. The van der Waals surface area contributed by atoms with Gasteiger partial charge in [0, 0.05) is 18.7 Å². The second-order valence-corrected chi connectivity index (χ2v) is 4.61. The minimum absolute atomic E-state index is 0.0377. The fourth-order valence-corrected chi connectivity index (χ4v) is 2.53. The van der Waals surface area contributed by atoms with E-state index < -0.39 is 0 Å². The number of halogens is 1. The third-order valence-corrected chi connectivity index (χ3v) is 3.44. The van der Waals surface area contributed by atoms with Crippen LogP contribution < -0.4 is 14.8 Å². The molecule has 0 saturated carbocycles. The van der Waals surface area contributed by atoms with Gasteiger partial charge in [0.2, 0.25) is 6.79 Å². The lowest BCUT2D eigenvalue weighted by molar-refractivity contribution is 0.0272. The molecule has 2 heterocycles. The summed E-state index contributed by atoms with van der Waals surface area (Å²) in [5.41, 5.74) is 2.13. The second kappa shape index (κ2) is 4.37. The van der Waals surface area contributed by atoms with Crippen molar-refractivity contribution in [2.24, 2.45) is 0 Å². The van der Waals surface area contributed by atoms with Gasteiger partial charge in [-0.1, -0.05) is 11.6 Å². The first-order chi connectivity index (χ1) is 8.27. The summed E-state index contributed by atoms with van der Waals surface area (Å²) < 4.78 is 16.5. The maximum atomic E-state index is 6.19. The van der Waals surface area contributed by atoms with Gasteiger partial charge in [-0.3, -0.25) is 0 Å². The van der Waals surface area contributed by atoms with Gasteiger partial charge in [0.1, 0.15) is 0 Å². The summed E-state index contributed by atoms with van der Waals surface area (Å²) in [5, 5.41) is 3.90. The predicted molar refractivity (Wildman–Crippen MR) is 63.9 cm³/mol. The van der Waals surface area contributed by atoms with Gasteiger partial charge in [-0.2, -0.15) is 0 Å². The van der Waals surface area contributed by atoms with Crippen molar-refractivity contribution in [3.63, 3.8) is 0 Å². The van der Waals surface area contributed by atoms with Crippen LogP contribution in [0.15, 0.2) is 6.07 Å². The largest absolute Gasteiger partial charge is 0.453 e. The van der Waals surface area contributed by atoms with Crippen molar-refractivity contribution in [2.45, 2.75) is 13.0 Å². The Balaban J connectivity index is 2.02. The maximum absolute atomic E-state index is 6.19. The Morgan fingerprint density at radius 3 is 2.94 bits per heavy atom. The van der Waals surface area contributed by atoms with Crippen molar-refractivity contribution < 1.29 is 14.2 Å². The zero-order valence-corrected chi connectivity index (χ0v) is 10.3. The molecule has 5 heteroatoms. The Kier molecular flexibility index (Phi) is 2.86. The molecule has 0 spiro atoms. The molecule has 0 aliphatic carbocycles. The van der Waals surface area contributed by atoms with E-state index in [0.29, 0.717) is 10.8 Å². The Labute approximate surface area is 105 Å². The van der Waals surface area contributed by atoms with Crippen LogP contribution in [0, 0.1) is 6.92 Å². The Morgan fingerprint density at radius 2 is 2.18 bits per heavy atom. The van der Waals surface area contributed by atoms with Crippen molar-refractivity contribution in [2.75, 3.05) is 26.5 Å². The molecule has 0 radical (unpaired) electrons. The van der Waals surface area contributed by atoms with E-state index in [9.17, 15) is 0 Å². The molecule has 1 aromatic rings. The normalized spacial score (nSPS) is 22.8. The molecule has 4 nitrogen and oxygen atoms in total. The summed E-state index contributed by atoms with van der Waals surface area (Å²) in [4.78, 5) is 0. The zero-order valence-electron chi connectivity index (χ0n) is 9.59. The molecule has 0 amide bonds. The molecular formula is C12H14ClNO3. The third-order valence-electron chi connectivity index (χ3n) is 3.16. The van der Waals surface area contributed by atoms with Gasteiger partial charge in [0.15, 0.2) is 11.5 Å². The van der Waals surface area contributed by atoms with Gasteiger partial charge in [-0.05, 0) is 18.6 Å². The first-order valence-corrected chi connectivity index (χ1v) is 6.06. The number of hydrogen-bond acceptors (Lipinski definition) is 4. The van der Waals surface area contributed by atoms with Gasteiger partial charge >= 0.3 is 0 Å². The van der Waals surface area contributed by atoms with Crippen LogP contribution in [0.5, 0.6) is 11.5 Å². The van der Waals surface area contributed by atoms with E-state index in [4.69, 9.17) is 25.8 Å². The molecule has 17 heavy (non-hydrogen) atoms. The third kappa shape index (κ3) is 1.86. The van der Waals surface area contributed by atoms with Crippen molar-refractivity contribution >= 4 is 11.6 Å². The van der Waals surface area contributed by atoms with Crippen molar-refractivity contribution in [1.82, 2.24) is 5.32 Å². The lowest BCUT2D eigenvalue weighted by atomic mass is 10.0. The van der Waals surface area contributed by atoms with Crippen molar-refractivity contribution in [1.29, 1.82) is 0 Å². The van der Waals surface area contributed by atoms with Gasteiger partial charge in [0.05, 0.1) is 17.7 Å². The molecule has 0 bridgehead atoms. The number of benzene rings is 1. The summed E-state index contributed by atoms with van der Waals surface area (Å²) in [7, 11) is 0. The highest BCUT2D eigenvalue weighted by Gasteiger charge is 2.26. The first kappa shape index (κ1) is 11.1. The molecule has 1 saturated heterocycles. The smallest absolute Gasteiger partial charge is 0.231 e. The molecule has 1 N–H and O–H groups in total. The Hall–Kier alpha value is -0.970. The van der Waals surface area contributed by atoms with Crippen LogP contribution in [0.2, 0.25) is 5.02 Å². The predicted octanol–water partition coefficient (Wildman–Crippen LogP) is 2.04. The quantitative estimate of drug-likeness (QED) is 0.834. The minimum atomic E-state index is 0.0377. The standard InChI is InChI=1S/C12H14ClNO3/c1-7-8(10-5-14-2-3-15-10)4-9(13)12-11(7)16-6-17-12/h4,10,14H,2-3,5-6H2,1H3. The summed E-state index contributed by atoms with van der Waals surface area (Å²) in [6.07, 6.45) is 0.0377. The van der Waals surface area contributed by atoms with Crippen LogP contribution in [-0.2, 0) is 4.74 Å². The van der Waals surface area contributed by atoms with E-state index >= 15 is 0 Å². The number of ether oxygens (including phenoxy) is 3. The molecule has 2 aliphatic heterocycles. The number of nitrogens with one attached hydrogen (secondary N) is 1. The SMILES string of the molecule is Cc1c(C2CNCCO2)cc(Cl)c2c1OCO2. The maximum Gasteiger partial charge on any atom is 0.231 e.